The Balaban J connectivity index is 1.41. The highest BCUT2D eigenvalue weighted by Gasteiger charge is 2.88. The van der Waals surface area contributed by atoms with Crippen LogP contribution in [0.25, 0.3) is 0 Å². The third kappa shape index (κ3) is 3.41. The smallest absolute Gasteiger partial charge is 0.303 e. The summed E-state index contributed by atoms with van der Waals surface area (Å²) in [5, 5.41) is 48.0. The van der Waals surface area contributed by atoms with E-state index in [0.717, 1.165) is 32.1 Å². The summed E-state index contributed by atoms with van der Waals surface area (Å²) in [4.78, 5) is 12.1. The van der Waals surface area contributed by atoms with Crippen LogP contribution in [-0.2, 0) is 19.0 Å². The fourth-order valence-corrected chi connectivity index (χ4v) is 12.6. The molecule has 0 aromatic rings. The molecule has 14 atom stereocenters. The zero-order valence-electron chi connectivity index (χ0n) is 26.6. The molecule has 1 saturated heterocycles. The van der Waals surface area contributed by atoms with Crippen LogP contribution < -0.4 is 0 Å². The predicted molar refractivity (Wildman–Crippen MR) is 151 cm³/mol. The number of esters is 1. The van der Waals surface area contributed by atoms with E-state index in [1.807, 2.05) is 13.8 Å². The first-order valence-corrected chi connectivity index (χ1v) is 16.0. The van der Waals surface area contributed by atoms with Crippen molar-refractivity contribution in [3.05, 3.63) is 0 Å². The number of carbonyl (C=O) groups excluding carboxylic acids is 1. The molecule has 1 unspecified atom stereocenters. The fraction of sp³-hybridized carbons (Fsp3) is 0.970. The van der Waals surface area contributed by atoms with Gasteiger partial charge in [-0.05, 0) is 98.2 Å². The molecular formula is C33H54O8. The van der Waals surface area contributed by atoms with E-state index >= 15 is 0 Å². The van der Waals surface area contributed by atoms with Crippen LogP contribution >= 0.6 is 0 Å². The van der Waals surface area contributed by atoms with Crippen molar-refractivity contribution in [2.75, 3.05) is 7.11 Å². The summed E-state index contributed by atoms with van der Waals surface area (Å²) in [5.74, 6) is -2.66. The molecule has 2 spiro atoms. The fourth-order valence-electron chi connectivity index (χ4n) is 12.6. The van der Waals surface area contributed by atoms with E-state index in [2.05, 4.69) is 34.6 Å². The van der Waals surface area contributed by atoms with Crippen LogP contribution in [0.3, 0.4) is 0 Å². The first-order valence-electron chi connectivity index (χ1n) is 16.0. The Morgan fingerprint density at radius 1 is 1.00 bits per heavy atom. The van der Waals surface area contributed by atoms with Gasteiger partial charge in [0.05, 0.1) is 12.2 Å². The molecule has 0 amide bonds. The van der Waals surface area contributed by atoms with Gasteiger partial charge in [0.1, 0.15) is 17.8 Å². The molecule has 5 saturated carbocycles. The summed E-state index contributed by atoms with van der Waals surface area (Å²) in [6, 6.07) is 0. The highest BCUT2D eigenvalue weighted by Crippen LogP contribution is 2.89. The molecule has 4 N–H and O–H groups in total. The van der Waals surface area contributed by atoms with Crippen molar-refractivity contribution in [2.24, 2.45) is 50.7 Å². The largest absolute Gasteiger partial charge is 0.457 e. The zero-order valence-corrected chi connectivity index (χ0v) is 26.6. The number of hydrogen-bond acceptors (Lipinski definition) is 8. The second-order valence-electron chi connectivity index (χ2n) is 16.7. The second-order valence-corrected chi connectivity index (χ2v) is 16.7. The number of aliphatic hydroxyl groups is 4. The first kappa shape index (κ1) is 30.3. The summed E-state index contributed by atoms with van der Waals surface area (Å²) in [6.07, 6.45) is 1.98. The van der Waals surface area contributed by atoms with Crippen molar-refractivity contribution < 1.29 is 39.4 Å². The number of hydrogen-bond donors (Lipinski definition) is 4. The van der Waals surface area contributed by atoms with E-state index < -0.39 is 52.6 Å². The first-order chi connectivity index (χ1) is 18.8. The molecule has 6 fully saturated rings. The standard InChI is InChI=1S/C33H54O8/c1-17-14-20(25(40-18(2)34)28(5,6)39-9)41-33(38)23(17)29(7)12-13-32-16-31(32)11-10-22(36)27(3,4)21(31)15-19(35)24(32)30(29,8)26(33)37/h17,19-26,35-38H,10-16H2,1-9H3/t17-,19+,20-,21+,22+,23-,24+,25+,26-,29-,30-,31-,32+,33?/m1/s1. The SMILES string of the molecule is COC(C)(C)[C@@H](OC(C)=O)[C@H]1C[C@@H](C)[C@H]2C(O)(O1)[C@H](O)[C@@]1(C)[C@@H]3[C@@H](O)C[C@H]4C(C)(C)[C@@H](O)CC[C@@]45C[C@@]35CC[C@]21C. The number of aliphatic hydroxyl groups excluding tert-OH is 3. The van der Waals surface area contributed by atoms with Crippen LogP contribution in [0.5, 0.6) is 0 Å². The van der Waals surface area contributed by atoms with Gasteiger partial charge >= 0.3 is 5.97 Å². The highest BCUT2D eigenvalue weighted by molar-refractivity contribution is 5.66. The highest BCUT2D eigenvalue weighted by atomic mass is 16.7. The van der Waals surface area contributed by atoms with Crippen molar-refractivity contribution >= 4 is 5.97 Å². The molecule has 8 nitrogen and oxygen atoms in total. The third-order valence-electron chi connectivity index (χ3n) is 14.7. The quantitative estimate of drug-likeness (QED) is 0.371. The zero-order chi connectivity index (χ0) is 30.3. The summed E-state index contributed by atoms with van der Waals surface area (Å²) in [7, 11) is 1.56. The van der Waals surface area contributed by atoms with E-state index in [-0.39, 0.29) is 46.0 Å². The topological polar surface area (TPSA) is 126 Å². The number of methoxy groups -OCH3 is 1. The Kier molecular flexibility index (Phi) is 6.41. The van der Waals surface area contributed by atoms with Crippen LogP contribution in [0.1, 0.15) is 100 Å². The minimum absolute atomic E-state index is 0.0367. The average Bonchev–Trinajstić information content (AvgIpc) is 3.50. The lowest BCUT2D eigenvalue weighted by Crippen LogP contribution is -2.64. The van der Waals surface area contributed by atoms with Gasteiger partial charge < -0.3 is 34.6 Å². The van der Waals surface area contributed by atoms with Gasteiger partial charge in [-0.2, -0.15) is 0 Å². The van der Waals surface area contributed by atoms with E-state index in [1.54, 1.807) is 7.11 Å². The molecule has 8 heteroatoms. The maximum absolute atomic E-state index is 12.6. The Hall–Kier alpha value is -0.770. The van der Waals surface area contributed by atoms with Gasteiger partial charge in [-0.1, -0.05) is 34.6 Å². The van der Waals surface area contributed by atoms with Gasteiger partial charge in [-0.25, -0.2) is 0 Å². The Morgan fingerprint density at radius 3 is 2.27 bits per heavy atom. The van der Waals surface area contributed by atoms with Crippen molar-refractivity contribution in [1.82, 2.24) is 0 Å². The molecule has 6 rings (SSSR count). The van der Waals surface area contributed by atoms with E-state index in [9.17, 15) is 25.2 Å². The average molecular weight is 579 g/mol. The van der Waals surface area contributed by atoms with Crippen molar-refractivity contribution in [1.29, 1.82) is 0 Å². The lowest BCUT2D eigenvalue weighted by atomic mass is 9.40. The molecular weight excluding hydrogens is 524 g/mol. The summed E-state index contributed by atoms with van der Waals surface area (Å²) in [5.41, 5.74) is -2.49. The van der Waals surface area contributed by atoms with Gasteiger partial charge in [-0.3, -0.25) is 4.79 Å². The van der Waals surface area contributed by atoms with Gasteiger partial charge in [0, 0.05) is 25.4 Å². The minimum Gasteiger partial charge on any atom is -0.457 e. The lowest BCUT2D eigenvalue weighted by molar-refractivity contribution is -0.343. The van der Waals surface area contributed by atoms with Crippen molar-refractivity contribution in [3.8, 4) is 0 Å². The Labute approximate surface area is 245 Å². The van der Waals surface area contributed by atoms with Gasteiger partial charge in [0.25, 0.3) is 0 Å². The van der Waals surface area contributed by atoms with Crippen LogP contribution in [0.4, 0.5) is 0 Å². The molecule has 1 aliphatic heterocycles. The van der Waals surface area contributed by atoms with Crippen LogP contribution in [0.15, 0.2) is 0 Å². The molecule has 0 bridgehead atoms. The maximum Gasteiger partial charge on any atom is 0.303 e. The molecule has 41 heavy (non-hydrogen) atoms. The Morgan fingerprint density at radius 2 is 1.66 bits per heavy atom. The summed E-state index contributed by atoms with van der Waals surface area (Å²) in [6.45, 7) is 15.8. The molecule has 0 aromatic carbocycles. The number of fused-ring (bicyclic) bond motifs is 4. The third-order valence-corrected chi connectivity index (χ3v) is 14.7. The van der Waals surface area contributed by atoms with Gasteiger partial charge in [0.15, 0.2) is 11.9 Å². The summed E-state index contributed by atoms with van der Waals surface area (Å²) < 4.78 is 18.1. The normalized spacial score (nSPS) is 55.9. The molecule has 5 aliphatic carbocycles. The van der Waals surface area contributed by atoms with Crippen LogP contribution in [0, 0.1) is 50.7 Å². The minimum atomic E-state index is -1.86. The predicted octanol–water partition coefficient (Wildman–Crippen LogP) is 3.81. The molecule has 0 radical (unpaired) electrons. The number of ether oxygens (including phenoxy) is 3. The maximum atomic E-state index is 12.6. The van der Waals surface area contributed by atoms with E-state index in [0.29, 0.717) is 12.8 Å². The van der Waals surface area contributed by atoms with Gasteiger partial charge in [0.2, 0.25) is 0 Å². The molecule has 1 heterocycles. The monoisotopic (exact) mass is 578 g/mol. The van der Waals surface area contributed by atoms with Crippen molar-refractivity contribution in [2.45, 2.75) is 142 Å². The van der Waals surface area contributed by atoms with E-state index in [4.69, 9.17) is 14.2 Å². The molecule has 0 aromatic heterocycles. The van der Waals surface area contributed by atoms with Gasteiger partial charge in [-0.15, -0.1) is 0 Å². The van der Waals surface area contributed by atoms with Crippen molar-refractivity contribution in [3.63, 3.8) is 0 Å². The number of rotatable bonds is 4. The Bertz CT molecular complexity index is 1110. The second kappa shape index (κ2) is 8.69. The van der Waals surface area contributed by atoms with E-state index in [1.165, 1.54) is 6.92 Å². The molecule has 234 valence electrons. The number of carbonyl (C=O) groups is 1. The lowest BCUT2D eigenvalue weighted by Gasteiger charge is -2.64. The van der Waals surface area contributed by atoms with Crippen LogP contribution in [0.2, 0.25) is 0 Å². The summed E-state index contributed by atoms with van der Waals surface area (Å²) >= 11 is 0. The molecule has 6 aliphatic rings. The van der Waals surface area contributed by atoms with Crippen LogP contribution in [-0.4, -0.2) is 75.4 Å².